The average Bonchev–Trinajstić information content (AvgIpc) is 3.73. The summed E-state index contributed by atoms with van der Waals surface area (Å²) in [6.45, 7) is 4.26. The normalized spacial score (nSPS) is 12.0. The molecule has 0 fully saturated rings. The van der Waals surface area contributed by atoms with Crippen LogP contribution in [0.25, 0.3) is 84.2 Å². The maximum Gasteiger partial charge on any atom is 0.0724 e. The molecule has 0 N–H and O–H groups in total. The van der Waals surface area contributed by atoms with Gasteiger partial charge < -0.3 is 13.7 Å². The van der Waals surface area contributed by atoms with Gasteiger partial charge in [0.1, 0.15) is 0 Å². The summed E-state index contributed by atoms with van der Waals surface area (Å²) in [5.41, 5.74) is 10.1. The number of pyridine rings is 1. The molecule has 0 saturated heterocycles. The van der Waals surface area contributed by atoms with E-state index >= 15 is 0 Å². The van der Waals surface area contributed by atoms with E-state index in [1.807, 2.05) is 18.5 Å². The summed E-state index contributed by atoms with van der Waals surface area (Å²) in [6.07, 6.45) is 10.2. The second-order valence-corrected chi connectivity index (χ2v) is 11.3. The molecule has 9 aromatic rings. The molecule has 4 heteroatoms. The molecule has 0 atom stereocenters. The number of nitrogens with zero attached hydrogens (tertiary/aromatic N) is 4. The summed E-state index contributed by atoms with van der Waals surface area (Å²) in [6, 6.07) is 45.3. The number of para-hydroxylation sites is 4. The molecule has 0 spiro atoms. The van der Waals surface area contributed by atoms with Gasteiger partial charge in [-0.3, -0.25) is 4.98 Å². The largest absolute Gasteiger partial charge is 0.316 e. The van der Waals surface area contributed by atoms with Crippen molar-refractivity contribution in [2.45, 2.75) is 0 Å². The monoisotopic (exact) mass is 576 g/mol. The molecule has 0 bridgehead atoms. The predicted octanol–water partition coefficient (Wildman–Crippen LogP) is 10.5. The molecule has 4 heterocycles. The average molecular weight is 577 g/mol. The number of hydrogen-bond donors (Lipinski definition) is 0. The fourth-order valence-corrected chi connectivity index (χ4v) is 7.05. The van der Waals surface area contributed by atoms with Crippen molar-refractivity contribution in [1.82, 2.24) is 18.7 Å². The lowest BCUT2D eigenvalue weighted by Gasteiger charge is -2.12. The Labute approximate surface area is 260 Å². The summed E-state index contributed by atoms with van der Waals surface area (Å²) in [4.78, 5) is 4.52. The predicted molar refractivity (Wildman–Crippen MR) is 190 cm³/mol. The van der Waals surface area contributed by atoms with E-state index in [0.29, 0.717) is 0 Å². The molecule has 0 radical (unpaired) electrons. The molecular weight excluding hydrogens is 548 g/mol. The highest BCUT2D eigenvalue weighted by molar-refractivity contribution is 6.10. The van der Waals surface area contributed by atoms with E-state index in [9.17, 15) is 0 Å². The second kappa shape index (κ2) is 9.97. The first kappa shape index (κ1) is 25.4. The van der Waals surface area contributed by atoms with Gasteiger partial charge in [0.05, 0.1) is 39.5 Å². The summed E-state index contributed by atoms with van der Waals surface area (Å²) in [5.74, 6) is 0. The van der Waals surface area contributed by atoms with Gasteiger partial charge in [-0.05, 0) is 66.7 Å². The fraction of sp³-hybridized carbons (Fsp3) is 0. The minimum absolute atomic E-state index is 1.03. The van der Waals surface area contributed by atoms with Gasteiger partial charge in [0.25, 0.3) is 0 Å². The van der Waals surface area contributed by atoms with Crippen LogP contribution < -0.4 is 0 Å². The zero-order valence-corrected chi connectivity index (χ0v) is 24.5. The summed E-state index contributed by atoms with van der Waals surface area (Å²) in [7, 11) is 0. The van der Waals surface area contributed by atoms with Crippen molar-refractivity contribution in [2.75, 3.05) is 0 Å². The molecule has 9 rings (SSSR count). The highest BCUT2D eigenvalue weighted by Gasteiger charge is 2.17. The first-order valence-electron chi connectivity index (χ1n) is 15.2. The van der Waals surface area contributed by atoms with Crippen LogP contribution in [0.4, 0.5) is 0 Å². The van der Waals surface area contributed by atoms with Crippen molar-refractivity contribution < 1.29 is 0 Å². The molecular formula is C41H28N4. The van der Waals surface area contributed by atoms with E-state index in [1.165, 1.54) is 43.6 Å². The van der Waals surface area contributed by atoms with Crippen LogP contribution in [0, 0.1) is 0 Å². The smallest absolute Gasteiger partial charge is 0.0724 e. The van der Waals surface area contributed by atoms with E-state index < -0.39 is 0 Å². The summed E-state index contributed by atoms with van der Waals surface area (Å²) in [5, 5.41) is 6.14. The van der Waals surface area contributed by atoms with Crippen LogP contribution in [0.5, 0.6) is 0 Å². The van der Waals surface area contributed by atoms with Gasteiger partial charge >= 0.3 is 0 Å². The molecule has 0 aliphatic carbocycles. The first-order valence-corrected chi connectivity index (χ1v) is 15.2. The van der Waals surface area contributed by atoms with Gasteiger partial charge in [-0.15, -0.1) is 0 Å². The lowest BCUT2D eigenvalue weighted by Crippen LogP contribution is -1.99. The maximum atomic E-state index is 4.52. The van der Waals surface area contributed by atoms with Crippen molar-refractivity contribution in [3.63, 3.8) is 0 Å². The summed E-state index contributed by atoms with van der Waals surface area (Å²) < 4.78 is 6.89. The molecule has 4 nitrogen and oxygen atoms in total. The Morgan fingerprint density at radius 1 is 0.489 bits per heavy atom. The van der Waals surface area contributed by atoms with Gasteiger partial charge in [-0.2, -0.15) is 0 Å². The highest BCUT2D eigenvalue weighted by atomic mass is 15.0. The molecule has 212 valence electrons. The zero-order chi connectivity index (χ0) is 29.9. The molecule has 45 heavy (non-hydrogen) atoms. The Morgan fingerprint density at radius 3 is 1.53 bits per heavy atom. The Bertz CT molecular complexity index is 2500. The quantitative estimate of drug-likeness (QED) is 0.200. The Kier molecular flexibility index (Phi) is 5.62. The van der Waals surface area contributed by atoms with Gasteiger partial charge in [0, 0.05) is 56.3 Å². The lowest BCUT2D eigenvalue weighted by molar-refractivity contribution is 1.09. The standard InChI is InChI=1S/C41H28N4/c1-2-36-35(24-26-43-37-15-7-3-11-30(37)31-12-4-8-16-38(31)43)34-23-25-42-27-41(34)44(36)28-19-21-29(22-20-28)45-39-17-9-5-13-32(39)33-14-6-10-18-40(33)45/h2-27H,1H2/b26-24+. The minimum Gasteiger partial charge on any atom is -0.316 e. The molecule has 4 aromatic heterocycles. The zero-order valence-electron chi connectivity index (χ0n) is 24.5. The summed E-state index contributed by atoms with van der Waals surface area (Å²) >= 11 is 0. The van der Waals surface area contributed by atoms with E-state index in [2.05, 4.69) is 165 Å². The molecule has 0 aliphatic rings. The maximum absolute atomic E-state index is 4.52. The third kappa shape index (κ3) is 3.76. The van der Waals surface area contributed by atoms with Crippen LogP contribution in [0.1, 0.15) is 11.3 Å². The highest BCUT2D eigenvalue weighted by Crippen LogP contribution is 2.35. The third-order valence-electron chi connectivity index (χ3n) is 9.00. The van der Waals surface area contributed by atoms with E-state index in [4.69, 9.17) is 0 Å². The van der Waals surface area contributed by atoms with Crippen LogP contribution in [-0.2, 0) is 0 Å². The molecule has 0 aliphatic heterocycles. The van der Waals surface area contributed by atoms with Gasteiger partial charge in [-0.25, -0.2) is 0 Å². The van der Waals surface area contributed by atoms with Crippen LogP contribution in [0.3, 0.4) is 0 Å². The van der Waals surface area contributed by atoms with Crippen LogP contribution in [0.15, 0.2) is 146 Å². The molecule has 0 amide bonds. The molecule has 0 unspecified atom stereocenters. The van der Waals surface area contributed by atoms with Crippen LogP contribution in [-0.4, -0.2) is 18.7 Å². The van der Waals surface area contributed by atoms with Crippen molar-refractivity contribution in [1.29, 1.82) is 0 Å². The van der Waals surface area contributed by atoms with Crippen molar-refractivity contribution in [3.8, 4) is 11.4 Å². The van der Waals surface area contributed by atoms with Crippen LogP contribution in [0.2, 0.25) is 0 Å². The fourth-order valence-electron chi connectivity index (χ4n) is 7.05. The SMILES string of the molecule is C=Cc1c(/C=C/n2c3ccccc3c3ccccc32)c2ccncc2n1-c1ccc(-n2c3ccccc3c3ccccc32)cc1. The van der Waals surface area contributed by atoms with E-state index in [0.717, 1.165) is 33.5 Å². The number of rotatable bonds is 5. The minimum atomic E-state index is 1.03. The molecule has 5 aromatic carbocycles. The topological polar surface area (TPSA) is 27.7 Å². The number of fused-ring (bicyclic) bond motifs is 7. The van der Waals surface area contributed by atoms with Gasteiger partial charge in [-0.1, -0.05) is 79.4 Å². The Morgan fingerprint density at radius 2 is 0.978 bits per heavy atom. The van der Waals surface area contributed by atoms with Crippen molar-refractivity contribution in [3.05, 3.63) is 158 Å². The first-order chi connectivity index (χ1) is 22.3. The number of hydrogen-bond acceptors (Lipinski definition) is 1. The van der Waals surface area contributed by atoms with Gasteiger partial charge in [0.15, 0.2) is 0 Å². The third-order valence-corrected chi connectivity index (χ3v) is 9.00. The molecule has 0 saturated carbocycles. The van der Waals surface area contributed by atoms with Crippen molar-refractivity contribution >= 4 is 72.9 Å². The second-order valence-electron chi connectivity index (χ2n) is 11.3. The Balaban J connectivity index is 1.20. The van der Waals surface area contributed by atoms with Crippen molar-refractivity contribution in [2.24, 2.45) is 0 Å². The number of benzene rings is 5. The van der Waals surface area contributed by atoms with E-state index in [1.54, 1.807) is 0 Å². The Hall–Kier alpha value is -6.13. The number of aromatic nitrogens is 4. The lowest BCUT2D eigenvalue weighted by atomic mass is 10.1. The van der Waals surface area contributed by atoms with E-state index in [-0.39, 0.29) is 0 Å². The van der Waals surface area contributed by atoms with Gasteiger partial charge in [0.2, 0.25) is 0 Å². The van der Waals surface area contributed by atoms with Crippen LogP contribution >= 0.6 is 0 Å².